The number of hydrogen-bond donors (Lipinski definition) is 2. The van der Waals surface area contributed by atoms with Gasteiger partial charge in [0.15, 0.2) is 0 Å². The summed E-state index contributed by atoms with van der Waals surface area (Å²) in [7, 11) is 0. The van der Waals surface area contributed by atoms with E-state index in [4.69, 9.17) is 0 Å². The fraction of sp³-hybridized carbons (Fsp3) is 0. The van der Waals surface area contributed by atoms with Crippen LogP contribution in [-0.2, 0) is 9.59 Å². The summed E-state index contributed by atoms with van der Waals surface area (Å²) in [6.45, 7) is 0. The van der Waals surface area contributed by atoms with Gasteiger partial charge in [0, 0.05) is 16.9 Å². The average molecular weight is 347 g/mol. The van der Waals surface area contributed by atoms with Crippen LogP contribution >= 0.6 is 15.9 Å². The van der Waals surface area contributed by atoms with Gasteiger partial charge in [-0.15, -0.1) is 0 Å². The third kappa shape index (κ3) is 4.50. The van der Waals surface area contributed by atoms with Gasteiger partial charge < -0.3 is 5.32 Å². The van der Waals surface area contributed by atoms with Crippen LogP contribution in [0.1, 0.15) is 5.56 Å². The molecule has 7 heteroatoms. The molecule has 0 unspecified atom stereocenters. The van der Waals surface area contributed by atoms with Crippen molar-refractivity contribution >= 4 is 39.6 Å². The minimum Gasteiger partial charge on any atom is -0.317 e. The summed E-state index contributed by atoms with van der Waals surface area (Å²) in [5.41, 5.74) is 3.42. The molecule has 0 atom stereocenters. The van der Waals surface area contributed by atoms with Crippen molar-refractivity contribution in [3.8, 4) is 0 Å². The van der Waals surface area contributed by atoms with Crippen molar-refractivity contribution in [1.29, 1.82) is 0 Å². The maximum absolute atomic E-state index is 11.7. The fourth-order valence-electron chi connectivity index (χ4n) is 1.41. The lowest BCUT2D eigenvalue weighted by atomic mass is 10.3. The van der Waals surface area contributed by atoms with E-state index in [0.717, 1.165) is 5.56 Å². The lowest BCUT2D eigenvalue weighted by Gasteiger charge is -2.05. The van der Waals surface area contributed by atoms with Crippen molar-refractivity contribution in [2.45, 2.75) is 0 Å². The largest absolute Gasteiger partial charge is 0.329 e. The first-order chi connectivity index (χ1) is 10.2. The topological polar surface area (TPSA) is 83.5 Å². The zero-order valence-electron chi connectivity index (χ0n) is 10.8. The summed E-state index contributed by atoms with van der Waals surface area (Å²) >= 11 is 3.28. The molecule has 1 aromatic heterocycles. The molecule has 2 rings (SSSR count). The number of aromatic nitrogens is 1. The molecule has 1 aromatic carbocycles. The lowest BCUT2D eigenvalue weighted by Crippen LogP contribution is -2.32. The third-order valence-corrected chi connectivity index (χ3v) is 3.11. The summed E-state index contributed by atoms with van der Waals surface area (Å²) in [5, 5.41) is 6.18. The van der Waals surface area contributed by atoms with Gasteiger partial charge in [0.1, 0.15) is 0 Å². The first-order valence-corrected chi connectivity index (χ1v) is 6.75. The molecule has 2 amide bonds. The molecule has 106 valence electrons. The standard InChI is InChI=1S/C14H11BrN4O2/c15-11-3-1-2-4-12(11)18-13(20)14(21)19-17-9-10-5-7-16-8-6-10/h1-9H,(H,18,20)(H,19,21). The Labute approximate surface area is 129 Å². The van der Waals surface area contributed by atoms with Gasteiger partial charge in [-0.25, -0.2) is 5.43 Å². The van der Waals surface area contributed by atoms with Gasteiger partial charge in [0.05, 0.1) is 11.9 Å². The number of hydrazone groups is 1. The highest BCUT2D eigenvalue weighted by molar-refractivity contribution is 9.10. The van der Waals surface area contributed by atoms with Gasteiger partial charge >= 0.3 is 11.8 Å². The molecule has 1 heterocycles. The van der Waals surface area contributed by atoms with Crippen molar-refractivity contribution in [1.82, 2.24) is 10.4 Å². The van der Waals surface area contributed by atoms with Gasteiger partial charge in [-0.3, -0.25) is 14.6 Å². The number of rotatable bonds is 3. The Kier molecular flexibility index (Phi) is 5.16. The molecule has 0 aliphatic rings. The Morgan fingerprint density at radius 2 is 1.81 bits per heavy atom. The third-order valence-electron chi connectivity index (χ3n) is 2.41. The number of carbonyl (C=O) groups excluding carboxylic acids is 2. The van der Waals surface area contributed by atoms with Crippen LogP contribution in [-0.4, -0.2) is 23.0 Å². The number of para-hydroxylation sites is 1. The van der Waals surface area contributed by atoms with Gasteiger partial charge in [-0.2, -0.15) is 5.10 Å². The first-order valence-electron chi connectivity index (χ1n) is 5.96. The average Bonchev–Trinajstić information content (AvgIpc) is 2.50. The minimum absolute atomic E-state index is 0.510. The van der Waals surface area contributed by atoms with Gasteiger partial charge in [-0.1, -0.05) is 12.1 Å². The van der Waals surface area contributed by atoms with E-state index < -0.39 is 11.8 Å². The second-order valence-corrected chi connectivity index (χ2v) is 4.77. The van der Waals surface area contributed by atoms with Gasteiger partial charge in [0.25, 0.3) is 0 Å². The van der Waals surface area contributed by atoms with Crippen LogP contribution < -0.4 is 10.7 Å². The van der Waals surface area contributed by atoms with Gasteiger partial charge in [-0.05, 0) is 45.8 Å². The van der Waals surface area contributed by atoms with Crippen LogP contribution in [0, 0.1) is 0 Å². The number of carbonyl (C=O) groups is 2. The van der Waals surface area contributed by atoms with Crippen molar-refractivity contribution in [3.63, 3.8) is 0 Å². The predicted molar refractivity (Wildman–Crippen MR) is 82.7 cm³/mol. The molecule has 6 nitrogen and oxygen atoms in total. The Bertz CT molecular complexity index is 674. The van der Waals surface area contributed by atoms with Gasteiger partial charge in [0.2, 0.25) is 0 Å². The number of halogens is 1. The molecule has 0 spiro atoms. The maximum Gasteiger partial charge on any atom is 0.329 e. The Balaban J connectivity index is 1.90. The van der Waals surface area contributed by atoms with E-state index in [1.165, 1.54) is 6.21 Å². The number of hydrogen-bond acceptors (Lipinski definition) is 4. The first kappa shape index (κ1) is 14.9. The normalized spacial score (nSPS) is 10.3. The Morgan fingerprint density at radius 3 is 2.52 bits per heavy atom. The Hall–Kier alpha value is -2.54. The summed E-state index contributed by atoms with van der Waals surface area (Å²) in [6, 6.07) is 10.4. The number of benzene rings is 1. The molecule has 2 aromatic rings. The number of amides is 2. The SMILES string of the molecule is O=C(NN=Cc1ccncc1)C(=O)Nc1ccccc1Br. The van der Waals surface area contributed by atoms with Crippen LogP contribution in [0.5, 0.6) is 0 Å². The monoisotopic (exact) mass is 346 g/mol. The summed E-state index contributed by atoms with van der Waals surface area (Å²) in [6.07, 6.45) is 4.62. The molecule has 0 saturated carbocycles. The van der Waals surface area contributed by atoms with Crippen molar-refractivity contribution in [3.05, 3.63) is 58.8 Å². The highest BCUT2D eigenvalue weighted by Crippen LogP contribution is 2.20. The van der Waals surface area contributed by atoms with Crippen LogP contribution in [0.3, 0.4) is 0 Å². The Morgan fingerprint density at radius 1 is 1.10 bits per heavy atom. The lowest BCUT2D eigenvalue weighted by molar-refractivity contribution is -0.136. The van der Waals surface area contributed by atoms with Crippen molar-refractivity contribution < 1.29 is 9.59 Å². The number of nitrogens with one attached hydrogen (secondary N) is 2. The van der Waals surface area contributed by atoms with E-state index in [1.807, 2.05) is 0 Å². The number of pyridine rings is 1. The highest BCUT2D eigenvalue weighted by atomic mass is 79.9. The summed E-state index contributed by atoms with van der Waals surface area (Å²) in [4.78, 5) is 27.1. The zero-order valence-corrected chi connectivity index (χ0v) is 12.4. The number of nitrogens with zero attached hydrogens (tertiary/aromatic N) is 2. The maximum atomic E-state index is 11.7. The fourth-order valence-corrected chi connectivity index (χ4v) is 1.79. The molecule has 0 aliphatic carbocycles. The van der Waals surface area contributed by atoms with E-state index in [2.05, 4.69) is 36.8 Å². The molecule has 0 aliphatic heterocycles. The molecule has 0 saturated heterocycles. The molecule has 2 N–H and O–H groups in total. The molecular weight excluding hydrogens is 336 g/mol. The second kappa shape index (κ2) is 7.30. The number of anilines is 1. The quantitative estimate of drug-likeness (QED) is 0.506. The summed E-state index contributed by atoms with van der Waals surface area (Å²) in [5.74, 6) is -1.65. The van der Waals surface area contributed by atoms with E-state index in [1.54, 1.807) is 48.8 Å². The van der Waals surface area contributed by atoms with Crippen LogP contribution in [0.2, 0.25) is 0 Å². The van der Waals surface area contributed by atoms with Crippen LogP contribution in [0.25, 0.3) is 0 Å². The smallest absolute Gasteiger partial charge is 0.317 e. The predicted octanol–water partition coefficient (Wildman–Crippen LogP) is 1.93. The van der Waals surface area contributed by atoms with Crippen molar-refractivity contribution in [2.75, 3.05) is 5.32 Å². The zero-order chi connectivity index (χ0) is 15.1. The minimum atomic E-state index is -0.851. The van der Waals surface area contributed by atoms with E-state index in [-0.39, 0.29) is 0 Å². The van der Waals surface area contributed by atoms with E-state index in [0.29, 0.717) is 10.2 Å². The van der Waals surface area contributed by atoms with Crippen LogP contribution in [0.15, 0.2) is 58.4 Å². The molecular formula is C14H11BrN4O2. The van der Waals surface area contributed by atoms with E-state index >= 15 is 0 Å². The van der Waals surface area contributed by atoms with Crippen molar-refractivity contribution in [2.24, 2.45) is 5.10 Å². The molecule has 0 radical (unpaired) electrons. The highest BCUT2D eigenvalue weighted by Gasteiger charge is 2.13. The van der Waals surface area contributed by atoms with Crippen LogP contribution in [0.4, 0.5) is 5.69 Å². The second-order valence-electron chi connectivity index (χ2n) is 3.91. The summed E-state index contributed by atoms with van der Waals surface area (Å²) < 4.78 is 0.687. The molecule has 0 fully saturated rings. The van der Waals surface area contributed by atoms with E-state index in [9.17, 15) is 9.59 Å². The molecule has 21 heavy (non-hydrogen) atoms. The molecule has 0 bridgehead atoms.